The predicted molar refractivity (Wildman–Crippen MR) is 56.8 cm³/mol. The molecule has 0 amide bonds. The SMILES string of the molecule is NCC1(C(O)C2CCCSC2)CC1. The number of hydrogen-bond acceptors (Lipinski definition) is 3. The number of aliphatic hydroxyl groups is 1. The fourth-order valence-corrected chi connectivity index (χ4v) is 3.48. The molecule has 3 heteroatoms. The molecule has 2 unspecified atom stereocenters. The molecule has 76 valence electrons. The first-order chi connectivity index (χ1) is 6.28. The van der Waals surface area contributed by atoms with E-state index in [0.29, 0.717) is 12.5 Å². The molecule has 2 rings (SSSR count). The minimum atomic E-state index is -0.120. The van der Waals surface area contributed by atoms with E-state index < -0.39 is 0 Å². The molecule has 2 atom stereocenters. The molecule has 1 heterocycles. The molecule has 0 aromatic carbocycles. The molecular weight excluding hydrogens is 182 g/mol. The summed E-state index contributed by atoms with van der Waals surface area (Å²) in [7, 11) is 0. The second-order valence-electron chi connectivity index (χ2n) is 4.49. The molecule has 2 aliphatic rings. The van der Waals surface area contributed by atoms with Gasteiger partial charge in [0.2, 0.25) is 0 Å². The maximum Gasteiger partial charge on any atom is 0.0644 e. The number of nitrogens with two attached hydrogens (primary N) is 1. The van der Waals surface area contributed by atoms with Crippen LogP contribution in [0.15, 0.2) is 0 Å². The summed E-state index contributed by atoms with van der Waals surface area (Å²) in [6, 6.07) is 0. The number of rotatable bonds is 3. The van der Waals surface area contributed by atoms with Gasteiger partial charge in [-0.05, 0) is 43.1 Å². The van der Waals surface area contributed by atoms with Gasteiger partial charge in [-0.2, -0.15) is 11.8 Å². The minimum Gasteiger partial charge on any atom is -0.392 e. The Kier molecular flexibility index (Phi) is 2.86. The summed E-state index contributed by atoms with van der Waals surface area (Å²) < 4.78 is 0. The van der Waals surface area contributed by atoms with Crippen molar-refractivity contribution < 1.29 is 5.11 Å². The van der Waals surface area contributed by atoms with Crippen molar-refractivity contribution in [2.75, 3.05) is 18.1 Å². The molecule has 1 aliphatic heterocycles. The fourth-order valence-electron chi connectivity index (χ4n) is 2.30. The highest BCUT2D eigenvalue weighted by Crippen LogP contribution is 2.51. The monoisotopic (exact) mass is 201 g/mol. The van der Waals surface area contributed by atoms with Crippen molar-refractivity contribution in [3.63, 3.8) is 0 Å². The van der Waals surface area contributed by atoms with E-state index >= 15 is 0 Å². The lowest BCUT2D eigenvalue weighted by Gasteiger charge is -2.31. The lowest BCUT2D eigenvalue weighted by atomic mass is 9.86. The third-order valence-electron chi connectivity index (χ3n) is 3.57. The highest BCUT2D eigenvalue weighted by atomic mass is 32.2. The average molecular weight is 201 g/mol. The molecule has 0 radical (unpaired) electrons. The summed E-state index contributed by atoms with van der Waals surface area (Å²) in [5, 5.41) is 10.2. The molecule has 3 N–H and O–H groups in total. The molecule has 0 bridgehead atoms. The zero-order valence-corrected chi connectivity index (χ0v) is 8.85. The lowest BCUT2D eigenvalue weighted by Crippen LogP contribution is -2.38. The Balaban J connectivity index is 1.91. The Hall–Kier alpha value is 0.270. The Morgan fingerprint density at radius 3 is 2.77 bits per heavy atom. The van der Waals surface area contributed by atoms with Gasteiger partial charge in [0.25, 0.3) is 0 Å². The first-order valence-electron chi connectivity index (χ1n) is 5.24. The topological polar surface area (TPSA) is 46.2 Å². The van der Waals surface area contributed by atoms with Crippen LogP contribution in [0.4, 0.5) is 0 Å². The van der Waals surface area contributed by atoms with Crippen LogP contribution in [-0.2, 0) is 0 Å². The number of thioether (sulfide) groups is 1. The van der Waals surface area contributed by atoms with E-state index in [0.717, 1.165) is 18.6 Å². The summed E-state index contributed by atoms with van der Waals surface area (Å²) in [4.78, 5) is 0. The van der Waals surface area contributed by atoms with Gasteiger partial charge in [0.05, 0.1) is 6.10 Å². The van der Waals surface area contributed by atoms with Crippen molar-refractivity contribution in [2.24, 2.45) is 17.1 Å². The maximum absolute atomic E-state index is 10.2. The van der Waals surface area contributed by atoms with Gasteiger partial charge in [-0.1, -0.05) is 0 Å². The van der Waals surface area contributed by atoms with Crippen LogP contribution in [0.5, 0.6) is 0 Å². The Morgan fingerprint density at radius 2 is 2.31 bits per heavy atom. The van der Waals surface area contributed by atoms with E-state index in [9.17, 15) is 5.11 Å². The molecule has 0 aromatic rings. The zero-order valence-electron chi connectivity index (χ0n) is 8.04. The van der Waals surface area contributed by atoms with Gasteiger partial charge < -0.3 is 10.8 Å². The van der Waals surface area contributed by atoms with Crippen LogP contribution in [0, 0.1) is 11.3 Å². The van der Waals surface area contributed by atoms with Gasteiger partial charge in [0.15, 0.2) is 0 Å². The van der Waals surface area contributed by atoms with Crippen LogP contribution in [-0.4, -0.2) is 29.3 Å². The largest absolute Gasteiger partial charge is 0.392 e. The van der Waals surface area contributed by atoms with E-state index in [-0.39, 0.29) is 11.5 Å². The summed E-state index contributed by atoms with van der Waals surface area (Å²) in [6.45, 7) is 0.676. The quantitative estimate of drug-likeness (QED) is 0.722. The van der Waals surface area contributed by atoms with Crippen LogP contribution in [0.25, 0.3) is 0 Å². The van der Waals surface area contributed by atoms with Gasteiger partial charge in [-0.3, -0.25) is 0 Å². The second-order valence-corrected chi connectivity index (χ2v) is 5.64. The molecule has 0 aromatic heterocycles. The number of aliphatic hydroxyl groups excluding tert-OH is 1. The molecule has 1 aliphatic carbocycles. The summed E-state index contributed by atoms with van der Waals surface area (Å²) in [5.74, 6) is 2.94. The third-order valence-corrected chi connectivity index (χ3v) is 4.81. The minimum absolute atomic E-state index is 0.120. The summed E-state index contributed by atoms with van der Waals surface area (Å²) in [5.41, 5.74) is 5.84. The maximum atomic E-state index is 10.2. The summed E-state index contributed by atoms with van der Waals surface area (Å²) >= 11 is 1.98. The van der Waals surface area contributed by atoms with Crippen molar-refractivity contribution in [1.29, 1.82) is 0 Å². The first kappa shape index (κ1) is 9.81. The van der Waals surface area contributed by atoms with E-state index in [2.05, 4.69) is 0 Å². The zero-order chi connectivity index (χ0) is 9.31. The van der Waals surface area contributed by atoms with E-state index in [1.54, 1.807) is 0 Å². The predicted octanol–water partition coefficient (Wildman–Crippen LogP) is 1.23. The van der Waals surface area contributed by atoms with Gasteiger partial charge in [-0.15, -0.1) is 0 Å². The standard InChI is InChI=1S/C10H19NOS/c11-7-10(3-4-10)9(12)8-2-1-5-13-6-8/h8-9,12H,1-7,11H2. The van der Waals surface area contributed by atoms with Crippen molar-refractivity contribution in [1.82, 2.24) is 0 Å². The highest BCUT2D eigenvalue weighted by molar-refractivity contribution is 7.99. The molecule has 13 heavy (non-hydrogen) atoms. The van der Waals surface area contributed by atoms with Gasteiger partial charge in [-0.25, -0.2) is 0 Å². The first-order valence-corrected chi connectivity index (χ1v) is 6.40. The van der Waals surface area contributed by atoms with Crippen molar-refractivity contribution in [3.8, 4) is 0 Å². The van der Waals surface area contributed by atoms with Crippen molar-refractivity contribution >= 4 is 11.8 Å². The van der Waals surface area contributed by atoms with Crippen LogP contribution in [0.3, 0.4) is 0 Å². The number of hydrogen-bond donors (Lipinski definition) is 2. The molecule has 2 fully saturated rings. The van der Waals surface area contributed by atoms with Gasteiger partial charge in [0, 0.05) is 12.0 Å². The van der Waals surface area contributed by atoms with E-state index in [1.807, 2.05) is 11.8 Å². The van der Waals surface area contributed by atoms with E-state index in [4.69, 9.17) is 5.73 Å². The molecule has 2 nitrogen and oxygen atoms in total. The van der Waals surface area contributed by atoms with E-state index in [1.165, 1.54) is 18.6 Å². The lowest BCUT2D eigenvalue weighted by molar-refractivity contribution is 0.0448. The van der Waals surface area contributed by atoms with Gasteiger partial charge >= 0.3 is 0 Å². The second kappa shape index (κ2) is 3.79. The van der Waals surface area contributed by atoms with Crippen LogP contribution >= 0.6 is 11.8 Å². The summed E-state index contributed by atoms with van der Waals surface area (Å²) in [6.07, 6.45) is 4.64. The highest BCUT2D eigenvalue weighted by Gasteiger charge is 2.50. The third kappa shape index (κ3) is 1.88. The Labute approximate surface area is 84.3 Å². The fraction of sp³-hybridized carbons (Fsp3) is 1.00. The average Bonchev–Trinajstić information content (AvgIpc) is 2.99. The van der Waals surface area contributed by atoms with Gasteiger partial charge in [0.1, 0.15) is 0 Å². The van der Waals surface area contributed by atoms with Crippen molar-refractivity contribution in [2.45, 2.75) is 31.8 Å². The van der Waals surface area contributed by atoms with Crippen LogP contribution in [0.1, 0.15) is 25.7 Å². The van der Waals surface area contributed by atoms with Crippen LogP contribution in [0.2, 0.25) is 0 Å². The Morgan fingerprint density at radius 1 is 1.54 bits per heavy atom. The molecule has 1 saturated heterocycles. The Bertz CT molecular complexity index is 176. The van der Waals surface area contributed by atoms with Crippen LogP contribution < -0.4 is 5.73 Å². The molecule has 0 spiro atoms. The van der Waals surface area contributed by atoms with Crippen molar-refractivity contribution in [3.05, 3.63) is 0 Å². The molecule has 1 saturated carbocycles. The molecular formula is C10H19NOS. The normalized spacial score (nSPS) is 34.2. The smallest absolute Gasteiger partial charge is 0.0644 e.